The lowest BCUT2D eigenvalue weighted by Gasteiger charge is -2.29. The van der Waals surface area contributed by atoms with Gasteiger partial charge in [-0.3, -0.25) is 19.4 Å². The van der Waals surface area contributed by atoms with Crippen LogP contribution in [-0.2, 0) is 24.0 Å². The number of nitrogens with two attached hydrogens (primary N) is 2. The number of aldehydes is 2. The summed E-state index contributed by atoms with van der Waals surface area (Å²) in [6.45, 7) is 1.97. The average molecular weight is 396 g/mol. The van der Waals surface area contributed by atoms with Crippen LogP contribution in [0.1, 0.15) is 39.0 Å². The van der Waals surface area contributed by atoms with Gasteiger partial charge < -0.3 is 36.6 Å². The smallest absolute Gasteiger partial charge is 0.245 e. The quantitative estimate of drug-likeness (QED) is 0.133. The molecule has 0 spiro atoms. The van der Waals surface area contributed by atoms with Crippen LogP contribution in [0.15, 0.2) is 4.99 Å². The standard InChI is InChI=1S/C17H28N6O5/c1-11(26)21-13(4-2-7-20-17(18)19)16(28)23-8-3-5-14(23)15(27)22-12(10-25)6-9-24/h9-10,12-14H,2-8H2,1H3,(H,21,26)(H,22,27)(H4,18,19,20). The molecule has 0 aromatic heterocycles. The Morgan fingerprint density at radius 3 is 2.54 bits per heavy atom. The van der Waals surface area contributed by atoms with Gasteiger partial charge in [-0.1, -0.05) is 0 Å². The van der Waals surface area contributed by atoms with E-state index in [2.05, 4.69) is 15.6 Å². The summed E-state index contributed by atoms with van der Waals surface area (Å²) in [6.07, 6.45) is 2.72. The number of nitrogens with one attached hydrogen (secondary N) is 2. The van der Waals surface area contributed by atoms with E-state index in [1.165, 1.54) is 11.8 Å². The van der Waals surface area contributed by atoms with Gasteiger partial charge in [0, 0.05) is 26.4 Å². The van der Waals surface area contributed by atoms with Crippen molar-refractivity contribution >= 4 is 36.3 Å². The number of rotatable bonds is 11. The van der Waals surface area contributed by atoms with Gasteiger partial charge in [-0.2, -0.15) is 0 Å². The van der Waals surface area contributed by atoms with Crippen LogP contribution in [-0.4, -0.2) is 72.4 Å². The van der Waals surface area contributed by atoms with E-state index in [1.54, 1.807) is 0 Å². The van der Waals surface area contributed by atoms with E-state index in [4.69, 9.17) is 11.5 Å². The fourth-order valence-corrected chi connectivity index (χ4v) is 3.04. The Balaban J connectivity index is 2.80. The summed E-state index contributed by atoms with van der Waals surface area (Å²) in [7, 11) is 0. The topological polar surface area (TPSA) is 177 Å². The molecule has 1 rings (SSSR count). The lowest BCUT2D eigenvalue weighted by Crippen LogP contribution is -2.54. The molecule has 1 aliphatic heterocycles. The first-order valence-electron chi connectivity index (χ1n) is 9.12. The zero-order valence-electron chi connectivity index (χ0n) is 15.9. The third-order valence-electron chi connectivity index (χ3n) is 4.30. The second-order valence-electron chi connectivity index (χ2n) is 6.55. The molecule has 3 atom stereocenters. The third-order valence-corrected chi connectivity index (χ3v) is 4.30. The maximum atomic E-state index is 12.9. The van der Waals surface area contributed by atoms with Crippen LogP contribution in [0, 0.1) is 0 Å². The fourth-order valence-electron chi connectivity index (χ4n) is 3.04. The number of aliphatic imine (C=N–C) groups is 1. The molecule has 1 fully saturated rings. The first-order valence-corrected chi connectivity index (χ1v) is 9.12. The van der Waals surface area contributed by atoms with Crippen LogP contribution in [0.2, 0.25) is 0 Å². The highest BCUT2D eigenvalue weighted by atomic mass is 16.2. The Morgan fingerprint density at radius 1 is 1.25 bits per heavy atom. The first kappa shape index (κ1) is 23.1. The van der Waals surface area contributed by atoms with Crippen molar-refractivity contribution in [1.29, 1.82) is 0 Å². The van der Waals surface area contributed by atoms with E-state index in [0.29, 0.717) is 51.3 Å². The summed E-state index contributed by atoms with van der Waals surface area (Å²) < 4.78 is 0. The molecular weight excluding hydrogens is 368 g/mol. The molecule has 0 bridgehead atoms. The van der Waals surface area contributed by atoms with Crippen molar-refractivity contribution in [2.75, 3.05) is 13.1 Å². The highest BCUT2D eigenvalue weighted by Crippen LogP contribution is 2.20. The lowest BCUT2D eigenvalue weighted by atomic mass is 10.1. The van der Waals surface area contributed by atoms with Crippen molar-refractivity contribution in [2.45, 2.75) is 57.2 Å². The van der Waals surface area contributed by atoms with Gasteiger partial charge in [0.15, 0.2) is 5.96 Å². The van der Waals surface area contributed by atoms with Crippen LogP contribution < -0.4 is 22.1 Å². The van der Waals surface area contributed by atoms with E-state index in [9.17, 15) is 24.0 Å². The highest BCUT2D eigenvalue weighted by Gasteiger charge is 2.37. The Hall–Kier alpha value is -2.98. The Labute approximate surface area is 163 Å². The van der Waals surface area contributed by atoms with Crippen LogP contribution in [0.5, 0.6) is 0 Å². The van der Waals surface area contributed by atoms with Crippen molar-refractivity contribution in [1.82, 2.24) is 15.5 Å². The minimum atomic E-state index is -0.923. The summed E-state index contributed by atoms with van der Waals surface area (Å²) in [5.74, 6) is -1.30. The number of hydrogen-bond donors (Lipinski definition) is 4. The molecule has 11 heteroatoms. The molecule has 0 aromatic rings. The Kier molecular flexibility index (Phi) is 9.61. The SMILES string of the molecule is CC(=O)NC(CCCN=C(N)N)C(=O)N1CCCC1C(=O)NC(C=O)CC=O. The molecule has 6 N–H and O–H groups in total. The summed E-state index contributed by atoms with van der Waals surface area (Å²) in [4.78, 5) is 63.7. The van der Waals surface area contributed by atoms with Crippen LogP contribution in [0.25, 0.3) is 0 Å². The number of hydrogen-bond acceptors (Lipinski definition) is 6. The molecule has 0 aromatic carbocycles. The predicted octanol–water partition coefficient (Wildman–Crippen LogP) is -2.19. The summed E-state index contributed by atoms with van der Waals surface area (Å²) in [5.41, 5.74) is 10.5. The molecular formula is C17H28N6O5. The van der Waals surface area contributed by atoms with E-state index in [-0.39, 0.29) is 24.2 Å². The third kappa shape index (κ3) is 7.33. The first-order chi connectivity index (χ1) is 13.3. The summed E-state index contributed by atoms with van der Waals surface area (Å²) in [6, 6.07) is -2.49. The van der Waals surface area contributed by atoms with Gasteiger partial charge in [-0.15, -0.1) is 0 Å². The zero-order valence-corrected chi connectivity index (χ0v) is 15.9. The molecule has 28 heavy (non-hydrogen) atoms. The van der Waals surface area contributed by atoms with Gasteiger partial charge in [0.2, 0.25) is 17.7 Å². The molecule has 1 saturated heterocycles. The maximum absolute atomic E-state index is 12.9. The predicted molar refractivity (Wildman–Crippen MR) is 101 cm³/mol. The monoisotopic (exact) mass is 396 g/mol. The Bertz CT molecular complexity index is 619. The molecule has 156 valence electrons. The van der Waals surface area contributed by atoms with Crippen molar-refractivity contribution < 1.29 is 24.0 Å². The summed E-state index contributed by atoms with van der Waals surface area (Å²) in [5, 5.41) is 5.07. The van der Waals surface area contributed by atoms with Crippen molar-refractivity contribution in [3.63, 3.8) is 0 Å². The van der Waals surface area contributed by atoms with Crippen LogP contribution in [0.4, 0.5) is 0 Å². The lowest BCUT2D eigenvalue weighted by molar-refractivity contribution is -0.141. The van der Waals surface area contributed by atoms with Crippen molar-refractivity contribution in [3.05, 3.63) is 0 Å². The highest BCUT2D eigenvalue weighted by molar-refractivity contribution is 5.93. The van der Waals surface area contributed by atoms with Gasteiger partial charge >= 0.3 is 0 Å². The summed E-state index contributed by atoms with van der Waals surface area (Å²) >= 11 is 0. The molecule has 3 amide bonds. The normalized spacial score (nSPS) is 17.9. The fraction of sp³-hybridized carbons (Fsp3) is 0.647. The van der Waals surface area contributed by atoms with Gasteiger partial charge in [0.05, 0.1) is 6.04 Å². The van der Waals surface area contributed by atoms with Gasteiger partial charge in [0.1, 0.15) is 24.7 Å². The van der Waals surface area contributed by atoms with Crippen LogP contribution in [0.3, 0.4) is 0 Å². The zero-order chi connectivity index (χ0) is 21.1. The minimum Gasteiger partial charge on any atom is -0.370 e. The molecule has 11 nitrogen and oxygen atoms in total. The molecule has 0 saturated carbocycles. The van der Waals surface area contributed by atoms with E-state index < -0.39 is 24.0 Å². The van der Waals surface area contributed by atoms with Gasteiger partial charge in [-0.25, -0.2) is 0 Å². The second kappa shape index (κ2) is 11.7. The molecule has 1 aliphatic rings. The number of nitrogens with zero attached hydrogens (tertiary/aromatic N) is 2. The average Bonchev–Trinajstić information content (AvgIpc) is 3.12. The molecule has 1 heterocycles. The molecule has 3 unspecified atom stereocenters. The van der Waals surface area contributed by atoms with E-state index in [0.717, 1.165) is 0 Å². The van der Waals surface area contributed by atoms with Gasteiger partial charge in [0.25, 0.3) is 0 Å². The number of carbonyl (C=O) groups is 5. The van der Waals surface area contributed by atoms with Crippen molar-refractivity contribution in [3.8, 4) is 0 Å². The number of amides is 3. The van der Waals surface area contributed by atoms with E-state index >= 15 is 0 Å². The number of guanidine groups is 1. The Morgan fingerprint density at radius 2 is 1.96 bits per heavy atom. The molecule has 0 radical (unpaired) electrons. The van der Waals surface area contributed by atoms with Crippen LogP contribution >= 0.6 is 0 Å². The maximum Gasteiger partial charge on any atom is 0.245 e. The molecule has 0 aliphatic carbocycles. The van der Waals surface area contributed by atoms with Gasteiger partial charge in [-0.05, 0) is 25.7 Å². The number of carbonyl (C=O) groups excluding carboxylic acids is 5. The second-order valence-corrected chi connectivity index (χ2v) is 6.55. The number of likely N-dealkylation sites (tertiary alicyclic amines) is 1. The minimum absolute atomic E-state index is 0.0567. The van der Waals surface area contributed by atoms with Crippen molar-refractivity contribution in [2.24, 2.45) is 16.5 Å². The van der Waals surface area contributed by atoms with E-state index in [1.807, 2.05) is 0 Å². The largest absolute Gasteiger partial charge is 0.370 e.